The van der Waals surface area contributed by atoms with Crippen molar-refractivity contribution in [3.05, 3.63) is 53.6 Å². The Balaban J connectivity index is 1.69. The van der Waals surface area contributed by atoms with Crippen molar-refractivity contribution < 1.29 is 4.74 Å². The van der Waals surface area contributed by atoms with E-state index in [0.717, 1.165) is 25.3 Å². The number of H-pyrrole nitrogens is 1. The summed E-state index contributed by atoms with van der Waals surface area (Å²) in [4.78, 5) is 7.28. The van der Waals surface area contributed by atoms with Crippen molar-refractivity contribution in [3.63, 3.8) is 0 Å². The molecule has 96 valence electrons. The molecule has 1 aromatic heterocycles. The maximum atomic E-state index is 5.08. The van der Waals surface area contributed by atoms with Gasteiger partial charge in [0.05, 0.1) is 6.61 Å². The number of imidazole rings is 1. The Bertz CT molecular complexity index is 437. The Morgan fingerprint density at radius 2 is 2.00 bits per heavy atom. The predicted octanol–water partition coefficient (Wildman–Crippen LogP) is 1.89. The fraction of sp³-hybridized carbons (Fsp3) is 0.357. The van der Waals surface area contributed by atoms with Crippen molar-refractivity contribution >= 4 is 0 Å². The minimum atomic E-state index is 0.673. The van der Waals surface area contributed by atoms with Gasteiger partial charge in [-0.2, -0.15) is 0 Å². The molecule has 18 heavy (non-hydrogen) atoms. The molecular weight excluding hydrogens is 226 g/mol. The summed E-state index contributed by atoms with van der Waals surface area (Å²) >= 11 is 0. The molecule has 4 nitrogen and oxygen atoms in total. The fourth-order valence-electron chi connectivity index (χ4n) is 1.79. The minimum absolute atomic E-state index is 0.673. The van der Waals surface area contributed by atoms with Gasteiger partial charge in [0.25, 0.3) is 0 Å². The van der Waals surface area contributed by atoms with E-state index in [0.29, 0.717) is 6.61 Å². The van der Waals surface area contributed by atoms with Crippen LogP contribution in [0.3, 0.4) is 0 Å². The highest BCUT2D eigenvalue weighted by atomic mass is 16.5. The largest absolute Gasteiger partial charge is 0.380 e. The molecule has 0 radical (unpaired) electrons. The number of methoxy groups -OCH3 is 1. The molecule has 2 N–H and O–H groups in total. The highest BCUT2D eigenvalue weighted by Crippen LogP contribution is 2.05. The van der Waals surface area contributed by atoms with E-state index in [2.05, 4.69) is 39.6 Å². The summed E-state index contributed by atoms with van der Waals surface area (Å²) in [5.41, 5.74) is 2.49. The molecule has 4 heteroatoms. The van der Waals surface area contributed by atoms with Crippen molar-refractivity contribution in [2.75, 3.05) is 13.7 Å². The molecule has 0 saturated carbocycles. The number of ether oxygens (including phenoxy) is 1. The van der Waals surface area contributed by atoms with Gasteiger partial charge in [-0.05, 0) is 11.1 Å². The Morgan fingerprint density at radius 3 is 2.67 bits per heavy atom. The van der Waals surface area contributed by atoms with Crippen LogP contribution in [0.15, 0.2) is 36.7 Å². The first-order chi connectivity index (χ1) is 8.88. The van der Waals surface area contributed by atoms with E-state index in [4.69, 9.17) is 4.74 Å². The standard InChI is InChI=1S/C14H19N3O/c1-18-11-13-4-2-12(3-5-13)10-15-7-6-14-16-8-9-17-14/h2-5,8-9,15H,6-7,10-11H2,1H3,(H,16,17). The predicted molar refractivity (Wildman–Crippen MR) is 71.2 cm³/mol. The van der Waals surface area contributed by atoms with E-state index < -0.39 is 0 Å². The number of rotatable bonds is 7. The first kappa shape index (κ1) is 12.8. The van der Waals surface area contributed by atoms with Crippen molar-refractivity contribution in [3.8, 4) is 0 Å². The highest BCUT2D eigenvalue weighted by molar-refractivity contribution is 5.21. The molecule has 2 aromatic rings. The van der Waals surface area contributed by atoms with Gasteiger partial charge in [0.15, 0.2) is 0 Å². The van der Waals surface area contributed by atoms with Gasteiger partial charge in [-0.25, -0.2) is 4.98 Å². The van der Waals surface area contributed by atoms with Crippen LogP contribution < -0.4 is 5.32 Å². The number of nitrogens with one attached hydrogen (secondary N) is 2. The highest BCUT2D eigenvalue weighted by Gasteiger charge is 1.96. The maximum Gasteiger partial charge on any atom is 0.107 e. The van der Waals surface area contributed by atoms with Crippen molar-refractivity contribution in [1.82, 2.24) is 15.3 Å². The summed E-state index contributed by atoms with van der Waals surface area (Å²) in [5, 5.41) is 3.40. The molecule has 0 aliphatic rings. The van der Waals surface area contributed by atoms with E-state index in [1.807, 2.05) is 6.20 Å². The average molecular weight is 245 g/mol. The second-order valence-corrected chi connectivity index (χ2v) is 4.21. The van der Waals surface area contributed by atoms with Gasteiger partial charge < -0.3 is 15.0 Å². The topological polar surface area (TPSA) is 49.9 Å². The van der Waals surface area contributed by atoms with Gasteiger partial charge in [-0.3, -0.25) is 0 Å². The van der Waals surface area contributed by atoms with Crippen LogP contribution in [0, 0.1) is 0 Å². The molecule has 0 aliphatic heterocycles. The van der Waals surface area contributed by atoms with E-state index in [1.165, 1.54) is 11.1 Å². The summed E-state index contributed by atoms with van der Waals surface area (Å²) in [7, 11) is 1.71. The van der Waals surface area contributed by atoms with Crippen LogP contribution in [0.4, 0.5) is 0 Å². The van der Waals surface area contributed by atoms with Crippen molar-refractivity contribution in [1.29, 1.82) is 0 Å². The van der Waals surface area contributed by atoms with E-state index in [1.54, 1.807) is 13.3 Å². The maximum absolute atomic E-state index is 5.08. The summed E-state index contributed by atoms with van der Waals surface area (Å²) in [6.07, 6.45) is 4.56. The Labute approximate surface area is 107 Å². The van der Waals surface area contributed by atoms with Gasteiger partial charge in [0.1, 0.15) is 5.82 Å². The summed E-state index contributed by atoms with van der Waals surface area (Å²) < 4.78 is 5.08. The Kier molecular flexibility index (Phi) is 4.93. The molecule has 2 rings (SSSR count). The number of aromatic amines is 1. The third kappa shape index (κ3) is 3.98. The minimum Gasteiger partial charge on any atom is -0.380 e. The van der Waals surface area contributed by atoms with Gasteiger partial charge in [0, 0.05) is 39.0 Å². The zero-order valence-electron chi connectivity index (χ0n) is 10.6. The normalized spacial score (nSPS) is 10.7. The van der Waals surface area contributed by atoms with Crippen LogP contribution in [-0.4, -0.2) is 23.6 Å². The van der Waals surface area contributed by atoms with Crippen LogP contribution in [0.2, 0.25) is 0 Å². The Morgan fingerprint density at radius 1 is 1.22 bits per heavy atom. The van der Waals surface area contributed by atoms with Gasteiger partial charge in [-0.1, -0.05) is 24.3 Å². The summed E-state index contributed by atoms with van der Waals surface area (Å²) in [6.45, 7) is 2.48. The van der Waals surface area contributed by atoms with E-state index in [-0.39, 0.29) is 0 Å². The molecule has 0 bridgehead atoms. The van der Waals surface area contributed by atoms with Crippen LogP contribution in [-0.2, 0) is 24.3 Å². The van der Waals surface area contributed by atoms with Gasteiger partial charge >= 0.3 is 0 Å². The molecule has 1 heterocycles. The number of benzene rings is 1. The molecule has 0 saturated heterocycles. The molecular formula is C14H19N3O. The summed E-state index contributed by atoms with van der Waals surface area (Å²) in [5.74, 6) is 1.03. The number of hydrogen-bond donors (Lipinski definition) is 2. The zero-order chi connectivity index (χ0) is 12.6. The average Bonchev–Trinajstić information content (AvgIpc) is 2.90. The lowest BCUT2D eigenvalue weighted by molar-refractivity contribution is 0.185. The second-order valence-electron chi connectivity index (χ2n) is 4.21. The van der Waals surface area contributed by atoms with Gasteiger partial charge in [0.2, 0.25) is 0 Å². The Hall–Kier alpha value is -1.65. The number of nitrogens with zero attached hydrogens (tertiary/aromatic N) is 1. The van der Waals surface area contributed by atoms with Crippen LogP contribution in [0.25, 0.3) is 0 Å². The van der Waals surface area contributed by atoms with Crippen LogP contribution in [0.5, 0.6) is 0 Å². The number of aromatic nitrogens is 2. The zero-order valence-corrected chi connectivity index (χ0v) is 10.6. The summed E-state index contributed by atoms with van der Waals surface area (Å²) in [6, 6.07) is 8.47. The van der Waals surface area contributed by atoms with Crippen LogP contribution in [0.1, 0.15) is 17.0 Å². The molecule has 0 unspecified atom stereocenters. The lowest BCUT2D eigenvalue weighted by Crippen LogP contribution is -2.17. The quantitative estimate of drug-likeness (QED) is 0.732. The molecule has 0 aliphatic carbocycles. The lowest BCUT2D eigenvalue weighted by Gasteiger charge is -2.05. The second kappa shape index (κ2) is 6.93. The SMILES string of the molecule is COCc1ccc(CNCCc2ncc[nH]2)cc1. The van der Waals surface area contributed by atoms with E-state index >= 15 is 0 Å². The third-order valence-electron chi connectivity index (χ3n) is 2.76. The molecule has 0 atom stereocenters. The monoisotopic (exact) mass is 245 g/mol. The number of hydrogen-bond acceptors (Lipinski definition) is 3. The first-order valence-electron chi connectivity index (χ1n) is 6.14. The van der Waals surface area contributed by atoms with E-state index in [9.17, 15) is 0 Å². The molecule has 1 aromatic carbocycles. The molecule has 0 amide bonds. The molecule has 0 fully saturated rings. The van der Waals surface area contributed by atoms with Gasteiger partial charge in [-0.15, -0.1) is 0 Å². The lowest BCUT2D eigenvalue weighted by atomic mass is 10.1. The first-order valence-corrected chi connectivity index (χ1v) is 6.14. The smallest absolute Gasteiger partial charge is 0.107 e. The van der Waals surface area contributed by atoms with Crippen molar-refractivity contribution in [2.24, 2.45) is 0 Å². The van der Waals surface area contributed by atoms with Crippen molar-refractivity contribution in [2.45, 2.75) is 19.6 Å². The third-order valence-corrected chi connectivity index (χ3v) is 2.76. The molecule has 0 spiro atoms. The van der Waals surface area contributed by atoms with Crippen LogP contribution >= 0.6 is 0 Å². The fourth-order valence-corrected chi connectivity index (χ4v) is 1.79.